The summed E-state index contributed by atoms with van der Waals surface area (Å²) >= 11 is 0. The SMILES string of the molecule is CCOc1ccc(NC(=O)[C@@H](C)OC(=O)Cc2ccc(NC(C)=O)cc2)cc1. The van der Waals surface area contributed by atoms with E-state index in [1.165, 1.54) is 13.8 Å². The van der Waals surface area contributed by atoms with Crippen molar-refractivity contribution in [3.05, 3.63) is 54.1 Å². The van der Waals surface area contributed by atoms with Crippen LogP contribution in [0.5, 0.6) is 5.75 Å². The van der Waals surface area contributed by atoms with E-state index >= 15 is 0 Å². The third kappa shape index (κ3) is 6.75. The van der Waals surface area contributed by atoms with Crippen molar-refractivity contribution in [3.63, 3.8) is 0 Å². The normalized spacial score (nSPS) is 11.2. The second kappa shape index (κ2) is 10.1. The molecule has 28 heavy (non-hydrogen) atoms. The molecule has 0 aliphatic rings. The number of rotatable bonds is 8. The van der Waals surface area contributed by atoms with E-state index in [0.29, 0.717) is 23.7 Å². The minimum absolute atomic E-state index is 0.0288. The number of nitrogens with one attached hydrogen (secondary N) is 2. The summed E-state index contributed by atoms with van der Waals surface area (Å²) in [5.41, 5.74) is 1.95. The van der Waals surface area contributed by atoms with Gasteiger partial charge in [0.1, 0.15) is 5.75 Å². The summed E-state index contributed by atoms with van der Waals surface area (Å²) in [6.45, 7) is 5.39. The van der Waals surface area contributed by atoms with Crippen molar-refractivity contribution in [3.8, 4) is 5.75 Å². The zero-order valence-electron chi connectivity index (χ0n) is 16.2. The van der Waals surface area contributed by atoms with E-state index in [4.69, 9.17) is 9.47 Å². The van der Waals surface area contributed by atoms with E-state index in [1.807, 2.05) is 6.92 Å². The van der Waals surface area contributed by atoms with Gasteiger partial charge in [-0.05, 0) is 55.8 Å². The maximum absolute atomic E-state index is 12.2. The number of ether oxygens (including phenoxy) is 2. The van der Waals surface area contributed by atoms with Crippen LogP contribution in [0.2, 0.25) is 0 Å². The number of carbonyl (C=O) groups is 3. The highest BCUT2D eigenvalue weighted by atomic mass is 16.5. The molecule has 7 heteroatoms. The molecule has 2 aromatic carbocycles. The number of carbonyl (C=O) groups excluding carboxylic acids is 3. The molecule has 0 saturated heterocycles. The Balaban J connectivity index is 1.83. The fourth-order valence-electron chi connectivity index (χ4n) is 2.41. The van der Waals surface area contributed by atoms with E-state index < -0.39 is 18.0 Å². The third-order valence-electron chi connectivity index (χ3n) is 3.73. The quantitative estimate of drug-likeness (QED) is 0.682. The Kier molecular flexibility index (Phi) is 7.56. The fraction of sp³-hybridized carbons (Fsp3) is 0.286. The highest BCUT2D eigenvalue weighted by molar-refractivity contribution is 5.95. The van der Waals surface area contributed by atoms with Crippen LogP contribution in [-0.4, -0.2) is 30.5 Å². The first-order valence-electron chi connectivity index (χ1n) is 8.97. The molecule has 0 bridgehead atoms. The van der Waals surface area contributed by atoms with Crippen LogP contribution in [0, 0.1) is 0 Å². The second-order valence-electron chi connectivity index (χ2n) is 6.13. The van der Waals surface area contributed by atoms with Gasteiger partial charge in [0.05, 0.1) is 13.0 Å². The molecule has 2 amide bonds. The van der Waals surface area contributed by atoms with Gasteiger partial charge in [-0.15, -0.1) is 0 Å². The standard InChI is InChI=1S/C21H24N2O5/c1-4-27-19-11-9-18(10-12-19)23-21(26)14(2)28-20(25)13-16-5-7-17(8-6-16)22-15(3)24/h5-12,14H,4,13H2,1-3H3,(H,22,24)(H,23,26)/t14-/m1/s1. The lowest BCUT2D eigenvalue weighted by atomic mass is 10.1. The Bertz CT molecular complexity index is 816. The lowest BCUT2D eigenvalue weighted by molar-refractivity contribution is -0.152. The molecular weight excluding hydrogens is 360 g/mol. The molecule has 0 fully saturated rings. The van der Waals surface area contributed by atoms with Gasteiger partial charge in [-0.25, -0.2) is 0 Å². The largest absolute Gasteiger partial charge is 0.494 e. The van der Waals surface area contributed by atoms with Crippen molar-refractivity contribution in [2.75, 3.05) is 17.2 Å². The van der Waals surface area contributed by atoms with Crippen LogP contribution >= 0.6 is 0 Å². The van der Waals surface area contributed by atoms with E-state index in [9.17, 15) is 14.4 Å². The van der Waals surface area contributed by atoms with Crippen LogP contribution in [0.1, 0.15) is 26.3 Å². The molecule has 148 valence electrons. The van der Waals surface area contributed by atoms with Gasteiger partial charge >= 0.3 is 5.97 Å². The van der Waals surface area contributed by atoms with Crippen LogP contribution in [0.3, 0.4) is 0 Å². The minimum atomic E-state index is -0.933. The topological polar surface area (TPSA) is 93.7 Å². The van der Waals surface area contributed by atoms with Crippen LogP contribution in [0.4, 0.5) is 11.4 Å². The van der Waals surface area contributed by atoms with Crippen molar-refractivity contribution in [2.45, 2.75) is 33.3 Å². The summed E-state index contributed by atoms with van der Waals surface area (Å²) in [7, 11) is 0. The average Bonchev–Trinajstić information content (AvgIpc) is 2.64. The number of esters is 1. The van der Waals surface area contributed by atoms with Crippen molar-refractivity contribution >= 4 is 29.2 Å². The summed E-state index contributed by atoms with van der Waals surface area (Å²) in [5, 5.41) is 5.34. The monoisotopic (exact) mass is 384 g/mol. The van der Waals surface area contributed by atoms with Gasteiger partial charge in [0.15, 0.2) is 6.10 Å². The van der Waals surface area contributed by atoms with Crippen LogP contribution in [0.15, 0.2) is 48.5 Å². The first-order chi connectivity index (χ1) is 13.4. The molecule has 7 nitrogen and oxygen atoms in total. The van der Waals surface area contributed by atoms with Gasteiger partial charge in [-0.1, -0.05) is 12.1 Å². The van der Waals surface area contributed by atoms with Gasteiger partial charge in [-0.3, -0.25) is 14.4 Å². The Morgan fingerprint density at radius 1 is 0.929 bits per heavy atom. The Labute approximate surface area is 164 Å². The molecule has 0 spiro atoms. The van der Waals surface area contributed by atoms with Gasteiger partial charge in [-0.2, -0.15) is 0 Å². The number of benzene rings is 2. The molecule has 1 atom stereocenters. The molecule has 0 aliphatic heterocycles. The van der Waals surface area contributed by atoms with Gasteiger partial charge in [0.2, 0.25) is 5.91 Å². The highest BCUT2D eigenvalue weighted by Gasteiger charge is 2.18. The molecule has 2 N–H and O–H groups in total. The maximum atomic E-state index is 12.2. The molecule has 0 unspecified atom stereocenters. The molecule has 0 radical (unpaired) electrons. The minimum Gasteiger partial charge on any atom is -0.494 e. The van der Waals surface area contributed by atoms with Crippen molar-refractivity contribution in [1.82, 2.24) is 0 Å². The van der Waals surface area contributed by atoms with Crippen LogP contribution in [-0.2, 0) is 25.5 Å². The van der Waals surface area contributed by atoms with Crippen LogP contribution in [0.25, 0.3) is 0 Å². The predicted molar refractivity (Wildman–Crippen MR) is 106 cm³/mol. The average molecular weight is 384 g/mol. The summed E-state index contributed by atoms with van der Waals surface area (Å²) in [5.74, 6) is -0.385. The van der Waals surface area contributed by atoms with Crippen molar-refractivity contribution in [2.24, 2.45) is 0 Å². The third-order valence-corrected chi connectivity index (χ3v) is 3.73. The number of hydrogen-bond acceptors (Lipinski definition) is 5. The maximum Gasteiger partial charge on any atom is 0.311 e. The number of anilines is 2. The number of amides is 2. The Morgan fingerprint density at radius 2 is 1.50 bits per heavy atom. The van der Waals surface area contributed by atoms with Gasteiger partial charge < -0.3 is 20.1 Å². The molecule has 0 aromatic heterocycles. The van der Waals surface area contributed by atoms with E-state index in [2.05, 4.69) is 10.6 Å². The summed E-state index contributed by atoms with van der Waals surface area (Å²) in [6.07, 6.45) is -0.904. The first-order valence-corrected chi connectivity index (χ1v) is 8.97. The highest BCUT2D eigenvalue weighted by Crippen LogP contribution is 2.16. The van der Waals surface area contributed by atoms with Gasteiger partial charge in [0.25, 0.3) is 5.91 Å². The van der Waals surface area contributed by atoms with E-state index in [0.717, 1.165) is 5.56 Å². The Morgan fingerprint density at radius 3 is 2.07 bits per heavy atom. The van der Waals surface area contributed by atoms with Gasteiger partial charge in [0, 0.05) is 18.3 Å². The lowest BCUT2D eigenvalue weighted by Gasteiger charge is -2.14. The lowest BCUT2D eigenvalue weighted by Crippen LogP contribution is -2.30. The molecule has 2 rings (SSSR count). The molecular formula is C21H24N2O5. The molecule has 0 heterocycles. The fourth-order valence-corrected chi connectivity index (χ4v) is 2.41. The number of hydrogen-bond donors (Lipinski definition) is 2. The van der Waals surface area contributed by atoms with E-state index in [-0.39, 0.29) is 12.3 Å². The molecule has 0 aliphatic carbocycles. The zero-order chi connectivity index (χ0) is 20.5. The second-order valence-corrected chi connectivity index (χ2v) is 6.13. The first kappa shape index (κ1) is 21.0. The van der Waals surface area contributed by atoms with Crippen molar-refractivity contribution in [1.29, 1.82) is 0 Å². The van der Waals surface area contributed by atoms with Crippen molar-refractivity contribution < 1.29 is 23.9 Å². The summed E-state index contributed by atoms with van der Waals surface area (Å²) < 4.78 is 10.5. The smallest absolute Gasteiger partial charge is 0.311 e. The molecule has 2 aromatic rings. The summed E-state index contributed by atoms with van der Waals surface area (Å²) in [4.78, 5) is 35.3. The predicted octanol–water partition coefficient (Wildman–Crippen LogP) is 3.16. The van der Waals surface area contributed by atoms with Crippen LogP contribution < -0.4 is 15.4 Å². The Hall–Kier alpha value is -3.35. The summed E-state index contributed by atoms with van der Waals surface area (Å²) in [6, 6.07) is 13.8. The van der Waals surface area contributed by atoms with E-state index in [1.54, 1.807) is 48.5 Å². The molecule has 0 saturated carbocycles. The zero-order valence-corrected chi connectivity index (χ0v) is 16.2.